The van der Waals surface area contributed by atoms with Gasteiger partial charge in [-0.1, -0.05) is 42.5 Å². The van der Waals surface area contributed by atoms with Crippen LogP contribution in [0.15, 0.2) is 78.9 Å². The molecule has 0 aliphatic carbocycles. The molecule has 0 radical (unpaired) electrons. The number of ether oxygens (including phenoxy) is 2. The van der Waals surface area contributed by atoms with E-state index in [1.165, 1.54) is 7.11 Å². The first kappa shape index (κ1) is 24.2. The predicted octanol–water partition coefficient (Wildman–Crippen LogP) is 2.75. The molecular formula is C26H25N3O5. The highest BCUT2D eigenvalue weighted by Crippen LogP contribution is 2.16. The van der Waals surface area contributed by atoms with Gasteiger partial charge in [0.1, 0.15) is 11.6 Å². The van der Waals surface area contributed by atoms with E-state index < -0.39 is 17.9 Å². The molecule has 1 atom stereocenters. The molecule has 0 fully saturated rings. The summed E-state index contributed by atoms with van der Waals surface area (Å²) < 4.78 is 9.86. The maximum absolute atomic E-state index is 13.3. The van der Waals surface area contributed by atoms with Crippen LogP contribution in [0, 0.1) is 5.41 Å². The van der Waals surface area contributed by atoms with Crippen molar-refractivity contribution in [1.82, 2.24) is 5.32 Å². The Bertz CT molecular complexity index is 1160. The monoisotopic (exact) mass is 459 g/mol. The lowest BCUT2D eigenvalue weighted by molar-refractivity contribution is -0.142. The topological polar surface area (TPSA) is 132 Å². The Balaban J connectivity index is 1.78. The number of nitrogens with one attached hydrogen (secondary N) is 2. The molecule has 0 aromatic heterocycles. The molecule has 8 nitrogen and oxygen atoms in total. The smallest absolute Gasteiger partial charge is 0.343 e. The van der Waals surface area contributed by atoms with Crippen LogP contribution >= 0.6 is 0 Å². The molecule has 4 N–H and O–H groups in total. The molecule has 8 heteroatoms. The van der Waals surface area contributed by atoms with Crippen molar-refractivity contribution in [3.63, 3.8) is 0 Å². The summed E-state index contributed by atoms with van der Waals surface area (Å²) in [4.78, 5) is 37.4. The van der Waals surface area contributed by atoms with Crippen LogP contribution in [0.2, 0.25) is 0 Å². The summed E-state index contributed by atoms with van der Waals surface area (Å²) in [6.07, 6.45) is 0.303. The molecule has 0 saturated carbocycles. The van der Waals surface area contributed by atoms with Gasteiger partial charge in [0.15, 0.2) is 12.4 Å². The summed E-state index contributed by atoms with van der Waals surface area (Å²) in [5.74, 6) is -0.874. The highest BCUT2D eigenvalue weighted by Gasteiger charge is 2.23. The van der Waals surface area contributed by atoms with Gasteiger partial charge in [-0.2, -0.15) is 0 Å². The van der Waals surface area contributed by atoms with Gasteiger partial charge in [-0.05, 0) is 42.0 Å². The van der Waals surface area contributed by atoms with Gasteiger partial charge in [-0.3, -0.25) is 15.0 Å². The number of rotatable bonds is 10. The molecule has 0 spiro atoms. The second-order valence-corrected chi connectivity index (χ2v) is 7.46. The van der Waals surface area contributed by atoms with E-state index in [0.717, 1.165) is 5.56 Å². The maximum Gasteiger partial charge on any atom is 0.343 e. The number of hydrogen-bond acceptors (Lipinski definition) is 6. The van der Waals surface area contributed by atoms with Crippen molar-refractivity contribution < 1.29 is 23.9 Å². The van der Waals surface area contributed by atoms with Gasteiger partial charge in [-0.15, -0.1) is 0 Å². The minimum Gasteiger partial charge on any atom is -0.482 e. The molecule has 3 rings (SSSR count). The van der Waals surface area contributed by atoms with Crippen LogP contribution in [-0.4, -0.2) is 43.3 Å². The van der Waals surface area contributed by atoms with Gasteiger partial charge in [0.2, 0.25) is 0 Å². The lowest BCUT2D eigenvalue weighted by atomic mass is 9.97. The Morgan fingerprint density at radius 1 is 0.882 bits per heavy atom. The molecule has 174 valence electrons. The maximum atomic E-state index is 13.3. The first-order chi connectivity index (χ1) is 16.4. The number of amides is 1. The minimum atomic E-state index is -0.816. The number of carbonyl (C=O) groups excluding carboxylic acids is 3. The van der Waals surface area contributed by atoms with Crippen molar-refractivity contribution >= 4 is 23.5 Å². The van der Waals surface area contributed by atoms with Crippen LogP contribution in [0.3, 0.4) is 0 Å². The second kappa shape index (κ2) is 11.4. The van der Waals surface area contributed by atoms with Crippen LogP contribution in [0.4, 0.5) is 0 Å². The van der Waals surface area contributed by atoms with E-state index in [0.29, 0.717) is 28.9 Å². The average Bonchev–Trinajstić information content (AvgIpc) is 2.87. The van der Waals surface area contributed by atoms with Crippen molar-refractivity contribution in [1.29, 1.82) is 5.41 Å². The van der Waals surface area contributed by atoms with Crippen molar-refractivity contribution in [2.45, 2.75) is 12.5 Å². The van der Waals surface area contributed by atoms with Crippen molar-refractivity contribution in [3.05, 3.63) is 101 Å². The zero-order chi connectivity index (χ0) is 24.5. The van der Waals surface area contributed by atoms with Gasteiger partial charge in [-0.25, -0.2) is 4.79 Å². The minimum absolute atomic E-state index is 0.0943. The first-order valence-corrected chi connectivity index (χ1v) is 10.5. The number of hydrogen-bond donors (Lipinski definition) is 3. The van der Waals surface area contributed by atoms with Crippen LogP contribution in [0.25, 0.3) is 0 Å². The Morgan fingerprint density at radius 3 is 2.06 bits per heavy atom. The molecule has 0 bridgehead atoms. The van der Waals surface area contributed by atoms with Crippen molar-refractivity contribution in [2.75, 3.05) is 13.7 Å². The molecule has 0 saturated heterocycles. The normalized spacial score (nSPS) is 11.2. The van der Waals surface area contributed by atoms with E-state index in [1.54, 1.807) is 48.5 Å². The van der Waals surface area contributed by atoms with E-state index in [1.807, 2.05) is 30.3 Å². The SMILES string of the molecule is COC(=O)COc1ccc(C(=O)[C@H](Cc2ccccc2)NC(=O)c2ccc(C(=N)N)cc2)cc1. The lowest BCUT2D eigenvalue weighted by Gasteiger charge is -2.18. The number of esters is 1. The number of benzene rings is 3. The third-order valence-corrected chi connectivity index (χ3v) is 5.09. The van der Waals surface area contributed by atoms with Gasteiger partial charge in [0.25, 0.3) is 5.91 Å². The predicted molar refractivity (Wildman–Crippen MR) is 127 cm³/mol. The van der Waals surface area contributed by atoms with Crippen LogP contribution in [-0.2, 0) is 16.0 Å². The summed E-state index contributed by atoms with van der Waals surface area (Å²) in [5.41, 5.74) is 7.60. The summed E-state index contributed by atoms with van der Waals surface area (Å²) in [5, 5.41) is 10.3. The number of nitrogen functional groups attached to an aromatic ring is 1. The van der Waals surface area contributed by atoms with Gasteiger partial charge in [0.05, 0.1) is 13.2 Å². The van der Waals surface area contributed by atoms with E-state index in [9.17, 15) is 14.4 Å². The van der Waals surface area contributed by atoms with Crippen LogP contribution < -0.4 is 15.8 Å². The fraction of sp³-hybridized carbons (Fsp3) is 0.154. The fourth-order valence-corrected chi connectivity index (χ4v) is 3.22. The number of amidine groups is 1. The molecule has 1 amide bonds. The third-order valence-electron chi connectivity index (χ3n) is 5.09. The molecular weight excluding hydrogens is 434 g/mol. The molecule has 0 aliphatic rings. The highest BCUT2D eigenvalue weighted by atomic mass is 16.6. The number of methoxy groups -OCH3 is 1. The number of Topliss-reactive ketones (excluding diaryl/α,β-unsaturated/α-hetero) is 1. The summed E-state index contributed by atoms with van der Waals surface area (Å²) >= 11 is 0. The molecule has 0 aliphatic heterocycles. The van der Waals surface area contributed by atoms with Gasteiger partial charge < -0.3 is 20.5 Å². The number of carbonyl (C=O) groups is 3. The molecule has 0 heterocycles. The molecule has 3 aromatic rings. The van der Waals surface area contributed by atoms with E-state index in [4.69, 9.17) is 15.9 Å². The molecule has 3 aromatic carbocycles. The van der Waals surface area contributed by atoms with E-state index in [-0.39, 0.29) is 18.2 Å². The number of nitrogens with two attached hydrogens (primary N) is 1. The lowest BCUT2D eigenvalue weighted by Crippen LogP contribution is -2.42. The molecule has 34 heavy (non-hydrogen) atoms. The van der Waals surface area contributed by atoms with E-state index >= 15 is 0 Å². The van der Waals surface area contributed by atoms with Gasteiger partial charge >= 0.3 is 5.97 Å². The Hall–Kier alpha value is -4.46. The highest BCUT2D eigenvalue weighted by molar-refractivity contribution is 6.05. The summed E-state index contributed by atoms with van der Waals surface area (Å²) in [7, 11) is 1.27. The molecule has 0 unspecified atom stereocenters. The number of ketones is 1. The quantitative estimate of drug-likeness (QED) is 0.185. The Kier molecular flexibility index (Phi) is 8.12. The van der Waals surface area contributed by atoms with Gasteiger partial charge in [0, 0.05) is 23.1 Å². The standard InChI is InChI=1S/C26H25N3O5/c1-33-23(30)16-34-21-13-11-18(12-14-21)24(31)22(15-17-5-3-2-4-6-17)29-26(32)20-9-7-19(8-10-20)25(27)28/h2-14,22H,15-16H2,1H3,(H3,27,28)(H,29,32)/t22-/m0/s1. The Labute approximate surface area is 197 Å². The van der Waals surface area contributed by atoms with Crippen molar-refractivity contribution in [2.24, 2.45) is 5.73 Å². The zero-order valence-corrected chi connectivity index (χ0v) is 18.6. The summed E-state index contributed by atoms with van der Waals surface area (Å²) in [6, 6.07) is 21.2. The van der Waals surface area contributed by atoms with Crippen molar-refractivity contribution in [3.8, 4) is 5.75 Å². The first-order valence-electron chi connectivity index (χ1n) is 10.5. The second-order valence-electron chi connectivity index (χ2n) is 7.46. The van der Waals surface area contributed by atoms with Crippen LogP contribution in [0.5, 0.6) is 5.75 Å². The van der Waals surface area contributed by atoms with Crippen LogP contribution in [0.1, 0.15) is 31.8 Å². The van der Waals surface area contributed by atoms with E-state index in [2.05, 4.69) is 10.1 Å². The fourth-order valence-electron chi connectivity index (χ4n) is 3.22. The largest absolute Gasteiger partial charge is 0.482 e. The summed E-state index contributed by atoms with van der Waals surface area (Å²) in [6.45, 7) is -0.237. The average molecular weight is 460 g/mol. The zero-order valence-electron chi connectivity index (χ0n) is 18.6. The Morgan fingerprint density at radius 2 is 1.47 bits per heavy atom. The third kappa shape index (κ3) is 6.52.